The lowest BCUT2D eigenvalue weighted by Crippen LogP contribution is -2.27. The number of ether oxygens (including phenoxy) is 1. The summed E-state index contributed by atoms with van der Waals surface area (Å²) in [6, 6.07) is 11.5. The highest BCUT2D eigenvalue weighted by Crippen LogP contribution is 2.34. The van der Waals surface area contributed by atoms with Gasteiger partial charge in [0.25, 0.3) is 0 Å². The number of hydrogen-bond donors (Lipinski definition) is 1. The van der Waals surface area contributed by atoms with Crippen LogP contribution in [0.5, 0.6) is 5.75 Å². The smallest absolute Gasteiger partial charge is 0.118 e. The molecule has 20 heavy (non-hydrogen) atoms. The molecule has 1 N–H and O–H groups in total. The van der Waals surface area contributed by atoms with Gasteiger partial charge in [-0.1, -0.05) is 12.1 Å². The topological polar surface area (TPSA) is 21.3 Å². The van der Waals surface area contributed by atoms with Crippen LogP contribution in [0.3, 0.4) is 0 Å². The predicted molar refractivity (Wildman–Crippen MR) is 84.5 cm³/mol. The summed E-state index contributed by atoms with van der Waals surface area (Å²) >= 11 is 1.90. The predicted octanol–water partition coefficient (Wildman–Crippen LogP) is 4.48. The third kappa shape index (κ3) is 2.74. The summed E-state index contributed by atoms with van der Waals surface area (Å²) in [5, 5.41) is 6.01. The summed E-state index contributed by atoms with van der Waals surface area (Å²) in [6.45, 7) is 2.24. The van der Waals surface area contributed by atoms with Gasteiger partial charge >= 0.3 is 0 Å². The molecule has 1 aromatic heterocycles. The second kappa shape index (κ2) is 5.98. The number of methoxy groups -OCH3 is 1. The van der Waals surface area contributed by atoms with Crippen molar-refractivity contribution >= 4 is 11.3 Å². The van der Waals surface area contributed by atoms with Gasteiger partial charge in [-0.2, -0.15) is 0 Å². The molecule has 1 aromatic carbocycles. The van der Waals surface area contributed by atoms with Crippen LogP contribution < -0.4 is 10.1 Å². The molecule has 3 heteroatoms. The Bertz CT molecular complexity index is 561. The normalized spacial score (nSPS) is 19.4. The number of fused-ring (bicyclic) bond motifs is 1. The van der Waals surface area contributed by atoms with Gasteiger partial charge in [0.15, 0.2) is 0 Å². The van der Waals surface area contributed by atoms with Crippen molar-refractivity contribution in [3.63, 3.8) is 0 Å². The molecule has 0 radical (unpaired) electrons. The first-order valence-electron chi connectivity index (χ1n) is 7.24. The fraction of sp³-hybridized carbons (Fsp3) is 0.412. The van der Waals surface area contributed by atoms with Crippen molar-refractivity contribution in [3.8, 4) is 5.75 Å². The molecule has 0 bridgehead atoms. The fourth-order valence-corrected chi connectivity index (χ4v) is 3.94. The summed E-state index contributed by atoms with van der Waals surface area (Å²) < 4.78 is 5.22. The monoisotopic (exact) mass is 287 g/mol. The zero-order chi connectivity index (χ0) is 13.9. The lowest BCUT2D eigenvalue weighted by atomic mass is 9.93. The van der Waals surface area contributed by atoms with Crippen LogP contribution in [-0.2, 0) is 6.42 Å². The van der Waals surface area contributed by atoms with Crippen LogP contribution in [-0.4, -0.2) is 7.11 Å². The molecule has 0 saturated heterocycles. The number of hydrogen-bond acceptors (Lipinski definition) is 3. The number of benzene rings is 1. The summed E-state index contributed by atoms with van der Waals surface area (Å²) in [7, 11) is 1.71. The van der Waals surface area contributed by atoms with Gasteiger partial charge in [-0.15, -0.1) is 11.3 Å². The molecule has 106 valence electrons. The molecule has 3 rings (SSSR count). The molecule has 0 fully saturated rings. The lowest BCUT2D eigenvalue weighted by Gasteiger charge is -2.27. The molecular formula is C17H21NOS. The van der Waals surface area contributed by atoms with E-state index < -0.39 is 0 Å². The van der Waals surface area contributed by atoms with Crippen LogP contribution in [0.4, 0.5) is 0 Å². The maximum absolute atomic E-state index is 5.22. The lowest BCUT2D eigenvalue weighted by molar-refractivity contribution is 0.410. The van der Waals surface area contributed by atoms with E-state index >= 15 is 0 Å². The van der Waals surface area contributed by atoms with Gasteiger partial charge in [-0.3, -0.25) is 0 Å². The van der Waals surface area contributed by atoms with Crippen molar-refractivity contribution in [2.45, 2.75) is 38.3 Å². The van der Waals surface area contributed by atoms with Gasteiger partial charge in [0, 0.05) is 17.0 Å². The highest BCUT2D eigenvalue weighted by Gasteiger charge is 2.22. The third-order valence-electron chi connectivity index (χ3n) is 4.12. The van der Waals surface area contributed by atoms with Crippen LogP contribution in [0.2, 0.25) is 0 Å². The average molecular weight is 287 g/mol. The van der Waals surface area contributed by atoms with Gasteiger partial charge in [-0.25, -0.2) is 0 Å². The van der Waals surface area contributed by atoms with E-state index in [1.165, 1.54) is 30.4 Å². The Labute approximate surface area is 124 Å². The first-order chi connectivity index (χ1) is 9.78. The second-order valence-electron chi connectivity index (χ2n) is 5.41. The van der Waals surface area contributed by atoms with Crippen molar-refractivity contribution < 1.29 is 4.74 Å². The van der Waals surface area contributed by atoms with Gasteiger partial charge in [0.1, 0.15) is 5.75 Å². The first-order valence-corrected chi connectivity index (χ1v) is 8.12. The van der Waals surface area contributed by atoms with E-state index in [9.17, 15) is 0 Å². The first kappa shape index (κ1) is 13.7. The summed E-state index contributed by atoms with van der Waals surface area (Å²) in [5.74, 6) is 0.915. The van der Waals surface area contributed by atoms with Gasteiger partial charge in [0.05, 0.1) is 7.11 Å². The van der Waals surface area contributed by atoms with Crippen LogP contribution in [0.1, 0.15) is 47.9 Å². The maximum atomic E-state index is 5.22. The van der Waals surface area contributed by atoms with Crippen molar-refractivity contribution in [3.05, 3.63) is 51.7 Å². The molecule has 0 amide bonds. The number of nitrogens with one attached hydrogen (secondary N) is 1. The Hall–Kier alpha value is -1.32. The van der Waals surface area contributed by atoms with Crippen molar-refractivity contribution in [1.82, 2.24) is 5.32 Å². The van der Waals surface area contributed by atoms with E-state index in [1.807, 2.05) is 23.5 Å². The Balaban J connectivity index is 1.71. The summed E-state index contributed by atoms with van der Waals surface area (Å²) in [4.78, 5) is 1.57. The molecule has 2 aromatic rings. The minimum absolute atomic E-state index is 0.358. The zero-order valence-electron chi connectivity index (χ0n) is 12.1. The van der Waals surface area contributed by atoms with Crippen LogP contribution in [0.25, 0.3) is 0 Å². The van der Waals surface area contributed by atoms with Crippen LogP contribution in [0.15, 0.2) is 35.7 Å². The standard InChI is InChI=1S/C17H21NOS/c1-12(13-6-8-14(19-2)9-7-13)18-16-4-3-5-17-15(16)10-11-20-17/h6-12,16,18H,3-5H2,1-2H3/t12-,16?/m1/s1. The van der Waals surface area contributed by atoms with E-state index in [0.29, 0.717) is 12.1 Å². The quantitative estimate of drug-likeness (QED) is 0.895. The highest BCUT2D eigenvalue weighted by atomic mass is 32.1. The van der Waals surface area contributed by atoms with Crippen molar-refractivity contribution in [1.29, 1.82) is 0 Å². The van der Waals surface area contributed by atoms with Gasteiger partial charge in [-0.05, 0) is 60.9 Å². The minimum atomic E-state index is 0.358. The number of aryl methyl sites for hydroxylation is 1. The molecule has 2 nitrogen and oxygen atoms in total. The van der Waals surface area contributed by atoms with Crippen LogP contribution in [0, 0.1) is 0 Å². The Kier molecular flexibility index (Phi) is 4.08. The Morgan fingerprint density at radius 2 is 2.05 bits per heavy atom. The molecule has 0 aliphatic heterocycles. The zero-order valence-corrected chi connectivity index (χ0v) is 12.9. The van der Waals surface area contributed by atoms with Crippen molar-refractivity contribution in [2.24, 2.45) is 0 Å². The molecular weight excluding hydrogens is 266 g/mol. The number of thiophene rings is 1. The van der Waals surface area contributed by atoms with Crippen molar-refractivity contribution in [2.75, 3.05) is 7.11 Å². The van der Waals surface area contributed by atoms with Crippen LogP contribution >= 0.6 is 11.3 Å². The molecule has 1 aliphatic carbocycles. The summed E-state index contributed by atoms with van der Waals surface area (Å²) in [5.41, 5.74) is 2.83. The fourth-order valence-electron chi connectivity index (χ4n) is 2.95. The molecule has 2 atom stereocenters. The molecule has 0 spiro atoms. The van der Waals surface area contributed by atoms with E-state index in [0.717, 1.165) is 5.75 Å². The molecule has 1 heterocycles. The average Bonchev–Trinajstić information content (AvgIpc) is 2.97. The number of rotatable bonds is 4. The van der Waals surface area contributed by atoms with Gasteiger partial charge in [0.2, 0.25) is 0 Å². The minimum Gasteiger partial charge on any atom is -0.497 e. The highest BCUT2D eigenvalue weighted by molar-refractivity contribution is 7.10. The largest absolute Gasteiger partial charge is 0.497 e. The summed E-state index contributed by atoms with van der Waals surface area (Å²) in [6.07, 6.45) is 3.78. The Morgan fingerprint density at radius 1 is 1.25 bits per heavy atom. The maximum Gasteiger partial charge on any atom is 0.118 e. The molecule has 0 saturated carbocycles. The SMILES string of the molecule is COc1ccc([C@@H](C)NC2CCCc3sccc32)cc1. The molecule has 1 unspecified atom stereocenters. The second-order valence-corrected chi connectivity index (χ2v) is 6.41. The molecule has 1 aliphatic rings. The van der Waals surface area contributed by atoms with E-state index in [2.05, 4.69) is 35.8 Å². The third-order valence-corrected chi connectivity index (χ3v) is 5.12. The van der Waals surface area contributed by atoms with E-state index in [4.69, 9.17) is 4.74 Å². The Morgan fingerprint density at radius 3 is 2.80 bits per heavy atom. The van der Waals surface area contributed by atoms with Gasteiger partial charge < -0.3 is 10.1 Å². The van der Waals surface area contributed by atoms with E-state index in [1.54, 1.807) is 12.0 Å². The van der Waals surface area contributed by atoms with E-state index in [-0.39, 0.29) is 0 Å².